The number of nitrogens with zero attached hydrogens (tertiary/aromatic N) is 1. The fourth-order valence-electron chi connectivity index (χ4n) is 2.39. The van der Waals surface area contributed by atoms with E-state index in [1.54, 1.807) is 0 Å². The Bertz CT molecular complexity index is 404. The van der Waals surface area contributed by atoms with Crippen molar-refractivity contribution in [2.45, 2.75) is 32.2 Å². The van der Waals surface area contributed by atoms with Crippen LogP contribution in [0.5, 0.6) is 0 Å². The zero-order chi connectivity index (χ0) is 14.2. The predicted molar refractivity (Wildman–Crippen MR) is 87.4 cm³/mol. The van der Waals surface area contributed by atoms with Gasteiger partial charge in [0.15, 0.2) is 0 Å². The van der Waals surface area contributed by atoms with E-state index >= 15 is 0 Å². The molecule has 1 aromatic rings. The number of hydrogen-bond acceptors (Lipinski definition) is 3. The molecule has 3 nitrogen and oxygen atoms in total. The number of rotatable bonds is 6. The normalized spacial score (nSPS) is 18.8. The third-order valence-corrected chi connectivity index (χ3v) is 4.65. The molecule has 1 aliphatic rings. The Morgan fingerprint density at radius 2 is 2.20 bits per heavy atom. The van der Waals surface area contributed by atoms with E-state index in [1.165, 1.54) is 0 Å². The summed E-state index contributed by atoms with van der Waals surface area (Å²) in [5.41, 5.74) is 1.02. The molecule has 1 aromatic carbocycles. The van der Waals surface area contributed by atoms with Crippen molar-refractivity contribution in [2.24, 2.45) is 0 Å². The lowest BCUT2D eigenvalue weighted by Crippen LogP contribution is -2.43. The second kappa shape index (κ2) is 8.32. The van der Waals surface area contributed by atoms with Gasteiger partial charge in [-0.15, -0.1) is 0 Å². The molecule has 2 rings (SSSR count). The minimum atomic E-state index is 0.240. The van der Waals surface area contributed by atoms with Crippen molar-refractivity contribution < 1.29 is 4.79 Å². The van der Waals surface area contributed by atoms with Gasteiger partial charge in [0.05, 0.1) is 0 Å². The van der Waals surface area contributed by atoms with E-state index in [9.17, 15) is 4.79 Å². The molecule has 1 amide bonds. The maximum absolute atomic E-state index is 12.6. The Kier molecular flexibility index (Phi) is 6.40. The number of amides is 1. The topological polar surface area (TPSA) is 32.3 Å². The molecular formula is C16H24N2OS. The highest BCUT2D eigenvalue weighted by molar-refractivity contribution is 7.99. The summed E-state index contributed by atoms with van der Waals surface area (Å²) in [6.45, 7) is 4.00. The minimum Gasteiger partial charge on any atom is -0.312 e. The molecule has 0 aromatic heterocycles. The van der Waals surface area contributed by atoms with Gasteiger partial charge in [0.25, 0.3) is 0 Å². The van der Waals surface area contributed by atoms with Crippen LogP contribution >= 0.6 is 11.8 Å². The van der Waals surface area contributed by atoms with Crippen LogP contribution in [0.4, 0.5) is 5.69 Å². The van der Waals surface area contributed by atoms with Crippen LogP contribution in [0.1, 0.15) is 26.2 Å². The van der Waals surface area contributed by atoms with Crippen LogP contribution < -0.4 is 10.2 Å². The van der Waals surface area contributed by atoms with Gasteiger partial charge in [-0.2, -0.15) is 11.8 Å². The highest BCUT2D eigenvalue weighted by Crippen LogP contribution is 2.18. The van der Waals surface area contributed by atoms with Crippen molar-refractivity contribution in [3.8, 4) is 0 Å². The van der Waals surface area contributed by atoms with Crippen molar-refractivity contribution in [3.63, 3.8) is 0 Å². The number of nitrogens with one attached hydrogen (secondary N) is 1. The van der Waals surface area contributed by atoms with Crippen LogP contribution in [-0.2, 0) is 4.79 Å². The van der Waals surface area contributed by atoms with Crippen molar-refractivity contribution in [2.75, 3.05) is 29.5 Å². The van der Waals surface area contributed by atoms with Crippen LogP contribution in [0, 0.1) is 0 Å². The molecule has 20 heavy (non-hydrogen) atoms. The quantitative estimate of drug-likeness (QED) is 0.875. The number of benzene rings is 1. The summed E-state index contributed by atoms with van der Waals surface area (Å²) in [6, 6.07) is 10.4. The first-order valence-electron chi connectivity index (χ1n) is 7.47. The van der Waals surface area contributed by atoms with Gasteiger partial charge in [0, 0.05) is 42.7 Å². The van der Waals surface area contributed by atoms with Crippen LogP contribution in [0.15, 0.2) is 30.3 Å². The summed E-state index contributed by atoms with van der Waals surface area (Å²) in [6.07, 6.45) is 2.76. The second-order valence-electron chi connectivity index (χ2n) is 5.16. The fraction of sp³-hybridized carbons (Fsp3) is 0.562. The molecule has 0 spiro atoms. The van der Waals surface area contributed by atoms with E-state index in [2.05, 4.69) is 12.2 Å². The number of carbonyl (C=O) groups excluding carboxylic acids is 1. The first-order chi connectivity index (χ1) is 9.81. The highest BCUT2D eigenvalue weighted by Gasteiger charge is 2.21. The Labute approximate surface area is 126 Å². The van der Waals surface area contributed by atoms with E-state index in [0.29, 0.717) is 12.5 Å². The van der Waals surface area contributed by atoms with Gasteiger partial charge in [0.2, 0.25) is 5.91 Å². The maximum Gasteiger partial charge on any atom is 0.228 e. The zero-order valence-corrected chi connectivity index (χ0v) is 13.0. The zero-order valence-electron chi connectivity index (χ0n) is 12.2. The average molecular weight is 292 g/mol. The lowest BCUT2D eigenvalue weighted by atomic mass is 10.1. The summed E-state index contributed by atoms with van der Waals surface area (Å²) < 4.78 is 0. The number of unbranched alkanes of at least 4 members (excludes halogenated alkanes) is 1. The van der Waals surface area contributed by atoms with E-state index in [-0.39, 0.29) is 5.91 Å². The van der Waals surface area contributed by atoms with E-state index in [1.807, 2.05) is 47.0 Å². The lowest BCUT2D eigenvalue weighted by Gasteiger charge is -2.27. The monoisotopic (exact) mass is 292 g/mol. The molecule has 0 radical (unpaired) electrons. The number of thioether (sulfide) groups is 1. The average Bonchev–Trinajstić information content (AvgIpc) is 2.50. The Balaban J connectivity index is 1.99. The highest BCUT2D eigenvalue weighted by atomic mass is 32.2. The predicted octanol–water partition coefficient (Wildman–Crippen LogP) is 2.91. The van der Waals surface area contributed by atoms with Crippen molar-refractivity contribution in [1.82, 2.24) is 5.32 Å². The summed E-state index contributed by atoms with van der Waals surface area (Å²) in [5.74, 6) is 2.44. The van der Waals surface area contributed by atoms with E-state index in [4.69, 9.17) is 0 Å². The van der Waals surface area contributed by atoms with Crippen molar-refractivity contribution in [3.05, 3.63) is 30.3 Å². The number of hydrogen-bond donors (Lipinski definition) is 1. The molecule has 1 atom stereocenters. The van der Waals surface area contributed by atoms with E-state index in [0.717, 1.165) is 43.1 Å². The molecular weight excluding hydrogens is 268 g/mol. The summed E-state index contributed by atoms with van der Waals surface area (Å²) in [4.78, 5) is 14.5. The van der Waals surface area contributed by atoms with Gasteiger partial charge in [-0.25, -0.2) is 0 Å². The number of carbonyl (C=O) groups is 1. The van der Waals surface area contributed by atoms with Crippen molar-refractivity contribution >= 4 is 23.4 Å². The molecule has 1 N–H and O–H groups in total. The molecule has 0 saturated carbocycles. The summed E-state index contributed by atoms with van der Waals surface area (Å²) in [7, 11) is 0. The van der Waals surface area contributed by atoms with Crippen LogP contribution in [0.2, 0.25) is 0 Å². The van der Waals surface area contributed by atoms with Gasteiger partial charge in [0.1, 0.15) is 0 Å². The number of para-hydroxylation sites is 1. The molecule has 0 bridgehead atoms. The molecule has 1 unspecified atom stereocenters. The fourth-order valence-corrected chi connectivity index (χ4v) is 3.34. The largest absolute Gasteiger partial charge is 0.312 e. The standard InChI is InChI=1S/C16H24N2OS/c1-2-3-10-18(15-7-5-4-6-8-15)16(19)12-14-13-20-11-9-17-14/h4-8,14,17H,2-3,9-13H2,1H3. The lowest BCUT2D eigenvalue weighted by molar-refractivity contribution is -0.119. The Hall–Kier alpha value is -1.00. The smallest absolute Gasteiger partial charge is 0.228 e. The molecule has 4 heteroatoms. The molecule has 0 aliphatic carbocycles. The second-order valence-corrected chi connectivity index (χ2v) is 6.31. The first-order valence-corrected chi connectivity index (χ1v) is 8.63. The minimum absolute atomic E-state index is 0.240. The molecule has 1 heterocycles. The van der Waals surface area contributed by atoms with Gasteiger partial charge in [-0.3, -0.25) is 4.79 Å². The third kappa shape index (κ3) is 4.53. The summed E-state index contributed by atoms with van der Waals surface area (Å²) >= 11 is 1.94. The van der Waals surface area contributed by atoms with Crippen LogP contribution in [0.25, 0.3) is 0 Å². The van der Waals surface area contributed by atoms with Gasteiger partial charge in [-0.05, 0) is 18.6 Å². The molecule has 1 aliphatic heterocycles. The SMILES string of the molecule is CCCCN(C(=O)CC1CSCCN1)c1ccccc1. The van der Waals surface area contributed by atoms with Crippen LogP contribution in [0.3, 0.4) is 0 Å². The van der Waals surface area contributed by atoms with Gasteiger partial charge >= 0.3 is 0 Å². The van der Waals surface area contributed by atoms with Gasteiger partial charge in [-0.1, -0.05) is 31.5 Å². The number of anilines is 1. The first kappa shape index (κ1) is 15.4. The Morgan fingerprint density at radius 3 is 2.85 bits per heavy atom. The van der Waals surface area contributed by atoms with Crippen molar-refractivity contribution in [1.29, 1.82) is 0 Å². The summed E-state index contributed by atoms with van der Waals surface area (Å²) in [5, 5.41) is 3.44. The molecule has 110 valence electrons. The maximum atomic E-state index is 12.6. The van der Waals surface area contributed by atoms with E-state index < -0.39 is 0 Å². The third-order valence-electron chi connectivity index (χ3n) is 3.52. The van der Waals surface area contributed by atoms with Crippen LogP contribution in [-0.4, -0.2) is 36.5 Å². The van der Waals surface area contributed by atoms with Gasteiger partial charge < -0.3 is 10.2 Å². The molecule has 1 saturated heterocycles. The Morgan fingerprint density at radius 1 is 1.40 bits per heavy atom. The molecule has 1 fully saturated rings.